The monoisotopic (exact) mass is 218 g/mol. The van der Waals surface area contributed by atoms with Gasteiger partial charge in [0.1, 0.15) is 17.9 Å². The fourth-order valence-electron chi connectivity index (χ4n) is 2.05. The van der Waals surface area contributed by atoms with E-state index in [1.54, 1.807) is 18.5 Å². The summed E-state index contributed by atoms with van der Waals surface area (Å²) in [5.41, 5.74) is 6.80. The zero-order valence-electron chi connectivity index (χ0n) is 8.47. The van der Waals surface area contributed by atoms with Crippen molar-refractivity contribution in [3.05, 3.63) is 41.4 Å². The molecule has 0 bridgehead atoms. The van der Waals surface area contributed by atoms with Crippen LogP contribution in [-0.4, -0.2) is 17.5 Å². The third-order valence-corrected chi connectivity index (χ3v) is 2.91. The van der Waals surface area contributed by atoms with Gasteiger partial charge in [-0.15, -0.1) is 0 Å². The quantitative estimate of drug-likeness (QED) is 0.742. The number of nitrogens with zero attached hydrogens (tertiary/aromatic N) is 1. The predicted molar refractivity (Wildman–Crippen MR) is 54.3 cm³/mol. The molecule has 2 aliphatic heterocycles. The first-order chi connectivity index (χ1) is 7.71. The standard InChI is InChI=1S/C11H10N2O3/c12-10(14)9-3-8-7(4-13-9)5-16-11(8)1-2-15-6-11/h1-4H,5-6H2,(H2,12,14). The van der Waals surface area contributed by atoms with E-state index < -0.39 is 11.5 Å². The summed E-state index contributed by atoms with van der Waals surface area (Å²) in [4.78, 5) is 15.1. The Labute approximate surface area is 91.9 Å². The van der Waals surface area contributed by atoms with Crippen LogP contribution in [0.3, 0.4) is 0 Å². The third kappa shape index (κ3) is 1.15. The molecule has 0 saturated carbocycles. The summed E-state index contributed by atoms with van der Waals surface area (Å²) >= 11 is 0. The second kappa shape index (κ2) is 3.05. The molecule has 5 nitrogen and oxygen atoms in total. The third-order valence-electron chi connectivity index (χ3n) is 2.91. The van der Waals surface area contributed by atoms with Crippen LogP contribution in [-0.2, 0) is 21.7 Å². The molecule has 1 atom stereocenters. The first-order valence-corrected chi connectivity index (χ1v) is 4.94. The maximum Gasteiger partial charge on any atom is 0.267 e. The maximum absolute atomic E-state index is 11.1. The van der Waals surface area contributed by atoms with Gasteiger partial charge in [-0.25, -0.2) is 0 Å². The average Bonchev–Trinajstić information content (AvgIpc) is 2.88. The van der Waals surface area contributed by atoms with E-state index >= 15 is 0 Å². The Morgan fingerprint density at radius 2 is 2.44 bits per heavy atom. The number of hydrogen-bond donors (Lipinski definition) is 1. The molecule has 1 amide bonds. The Kier molecular flexibility index (Phi) is 1.79. The number of primary amides is 1. The topological polar surface area (TPSA) is 74.4 Å². The number of hydrogen-bond acceptors (Lipinski definition) is 4. The van der Waals surface area contributed by atoms with E-state index in [2.05, 4.69) is 4.98 Å². The SMILES string of the molecule is NC(=O)c1cc2c(cn1)COC21C=COC1. The molecule has 3 rings (SSSR count). The Hall–Kier alpha value is -1.88. The van der Waals surface area contributed by atoms with Crippen LogP contribution >= 0.6 is 0 Å². The first kappa shape index (κ1) is 9.35. The number of pyridine rings is 1. The molecule has 0 fully saturated rings. The van der Waals surface area contributed by atoms with Gasteiger partial charge in [0.25, 0.3) is 5.91 Å². The minimum absolute atomic E-state index is 0.254. The zero-order valence-corrected chi connectivity index (χ0v) is 8.47. The summed E-state index contributed by atoms with van der Waals surface area (Å²) in [5, 5.41) is 0. The van der Waals surface area contributed by atoms with Crippen LogP contribution < -0.4 is 5.73 Å². The molecule has 1 aromatic rings. The number of fused-ring (bicyclic) bond motifs is 2. The highest BCUT2D eigenvalue weighted by Crippen LogP contribution is 2.40. The number of nitrogens with two attached hydrogens (primary N) is 1. The van der Waals surface area contributed by atoms with E-state index in [0.717, 1.165) is 11.1 Å². The van der Waals surface area contributed by atoms with Crippen LogP contribution in [0.4, 0.5) is 0 Å². The lowest BCUT2D eigenvalue weighted by molar-refractivity contribution is -0.0234. The Morgan fingerprint density at radius 3 is 3.12 bits per heavy atom. The fourth-order valence-corrected chi connectivity index (χ4v) is 2.05. The summed E-state index contributed by atoms with van der Waals surface area (Å²) in [6, 6.07) is 1.68. The van der Waals surface area contributed by atoms with Gasteiger partial charge in [-0.3, -0.25) is 9.78 Å². The van der Waals surface area contributed by atoms with Crippen LogP contribution in [0.5, 0.6) is 0 Å². The Morgan fingerprint density at radius 1 is 1.56 bits per heavy atom. The lowest BCUT2D eigenvalue weighted by Crippen LogP contribution is -2.25. The van der Waals surface area contributed by atoms with Gasteiger partial charge in [0.05, 0.1) is 12.9 Å². The van der Waals surface area contributed by atoms with E-state index in [-0.39, 0.29) is 5.69 Å². The average molecular weight is 218 g/mol. The largest absolute Gasteiger partial charge is 0.498 e. The number of carbonyl (C=O) groups is 1. The van der Waals surface area contributed by atoms with Gasteiger partial charge in [0, 0.05) is 17.3 Å². The molecule has 2 aliphatic rings. The van der Waals surface area contributed by atoms with Gasteiger partial charge in [0.2, 0.25) is 0 Å². The molecule has 16 heavy (non-hydrogen) atoms. The summed E-state index contributed by atoms with van der Waals surface area (Å²) < 4.78 is 10.9. The molecule has 1 unspecified atom stereocenters. The first-order valence-electron chi connectivity index (χ1n) is 4.94. The van der Waals surface area contributed by atoms with Crippen LogP contribution in [0.25, 0.3) is 0 Å². The smallest absolute Gasteiger partial charge is 0.267 e. The van der Waals surface area contributed by atoms with Crippen molar-refractivity contribution in [3.63, 3.8) is 0 Å². The molecule has 0 aromatic carbocycles. The van der Waals surface area contributed by atoms with Gasteiger partial charge in [-0.2, -0.15) is 0 Å². The number of rotatable bonds is 1. The van der Waals surface area contributed by atoms with E-state index in [9.17, 15) is 4.79 Å². The number of ether oxygens (including phenoxy) is 2. The molecule has 3 heterocycles. The lowest BCUT2D eigenvalue weighted by Gasteiger charge is -2.19. The molecule has 5 heteroatoms. The van der Waals surface area contributed by atoms with E-state index in [1.165, 1.54) is 0 Å². The van der Waals surface area contributed by atoms with Crippen molar-refractivity contribution in [2.24, 2.45) is 5.73 Å². The zero-order chi connectivity index (χ0) is 11.2. The summed E-state index contributed by atoms with van der Waals surface area (Å²) in [5.74, 6) is -0.534. The van der Waals surface area contributed by atoms with Crippen molar-refractivity contribution in [3.8, 4) is 0 Å². The van der Waals surface area contributed by atoms with Crippen LogP contribution in [0.1, 0.15) is 21.6 Å². The number of aromatic nitrogens is 1. The van der Waals surface area contributed by atoms with Crippen molar-refractivity contribution in [1.82, 2.24) is 4.98 Å². The van der Waals surface area contributed by atoms with Crippen LogP contribution in [0, 0.1) is 0 Å². The molecule has 1 spiro atoms. The molecular weight excluding hydrogens is 208 g/mol. The van der Waals surface area contributed by atoms with E-state index in [4.69, 9.17) is 15.2 Å². The second-order valence-corrected chi connectivity index (χ2v) is 3.88. The molecule has 82 valence electrons. The van der Waals surface area contributed by atoms with Gasteiger partial charge >= 0.3 is 0 Å². The number of amides is 1. The van der Waals surface area contributed by atoms with Gasteiger partial charge in [-0.1, -0.05) is 0 Å². The van der Waals surface area contributed by atoms with Gasteiger partial charge < -0.3 is 15.2 Å². The van der Waals surface area contributed by atoms with Crippen molar-refractivity contribution >= 4 is 5.91 Å². The van der Waals surface area contributed by atoms with Crippen molar-refractivity contribution in [1.29, 1.82) is 0 Å². The molecular formula is C11H10N2O3. The van der Waals surface area contributed by atoms with Gasteiger partial charge in [0.15, 0.2) is 0 Å². The predicted octanol–water partition coefficient (Wildman–Crippen LogP) is 0.450. The second-order valence-electron chi connectivity index (χ2n) is 3.88. The summed E-state index contributed by atoms with van der Waals surface area (Å²) in [6.45, 7) is 0.914. The maximum atomic E-state index is 11.1. The van der Waals surface area contributed by atoms with E-state index in [1.807, 2.05) is 6.08 Å². The van der Waals surface area contributed by atoms with E-state index in [0.29, 0.717) is 13.2 Å². The normalized spacial score (nSPS) is 25.8. The molecule has 0 saturated heterocycles. The fraction of sp³-hybridized carbons (Fsp3) is 0.273. The van der Waals surface area contributed by atoms with Crippen molar-refractivity contribution in [2.45, 2.75) is 12.2 Å². The van der Waals surface area contributed by atoms with Gasteiger partial charge in [-0.05, 0) is 12.1 Å². The number of carbonyl (C=O) groups excluding carboxylic acids is 1. The Balaban J connectivity index is 2.13. The highest BCUT2D eigenvalue weighted by atomic mass is 16.6. The highest BCUT2D eigenvalue weighted by molar-refractivity contribution is 5.91. The van der Waals surface area contributed by atoms with Crippen molar-refractivity contribution in [2.75, 3.05) is 6.61 Å². The molecule has 0 radical (unpaired) electrons. The lowest BCUT2D eigenvalue weighted by atomic mass is 9.94. The summed E-state index contributed by atoms with van der Waals surface area (Å²) in [7, 11) is 0. The molecule has 0 aliphatic carbocycles. The minimum atomic E-state index is -0.553. The highest BCUT2D eigenvalue weighted by Gasteiger charge is 2.41. The van der Waals surface area contributed by atoms with Crippen molar-refractivity contribution < 1.29 is 14.3 Å². The van der Waals surface area contributed by atoms with Crippen LogP contribution in [0.2, 0.25) is 0 Å². The van der Waals surface area contributed by atoms with Crippen LogP contribution in [0.15, 0.2) is 24.6 Å². The summed E-state index contributed by atoms with van der Waals surface area (Å²) in [6.07, 6.45) is 5.10. The Bertz CT molecular complexity index is 498. The molecule has 2 N–H and O–H groups in total. The minimum Gasteiger partial charge on any atom is -0.498 e. The molecule has 1 aromatic heterocycles.